The predicted octanol–water partition coefficient (Wildman–Crippen LogP) is 6.21. The van der Waals surface area contributed by atoms with Gasteiger partial charge in [0.05, 0.1) is 0 Å². The highest BCUT2D eigenvalue weighted by Gasteiger charge is 2.23. The minimum atomic E-state index is -1.09. The highest BCUT2D eigenvalue weighted by atomic mass is 16.4. The van der Waals surface area contributed by atoms with Crippen LogP contribution in [0.25, 0.3) is 11.1 Å². The van der Waals surface area contributed by atoms with E-state index in [9.17, 15) is 14.5 Å². The van der Waals surface area contributed by atoms with Crippen LogP contribution in [0.1, 0.15) is 56.7 Å². The molecule has 0 saturated heterocycles. The lowest BCUT2D eigenvalue weighted by molar-refractivity contribution is -0.135. The number of nitroso groups, excluding NO2 is 1. The number of aryl methyl sites for hydroxylation is 2. The summed E-state index contributed by atoms with van der Waals surface area (Å²) in [5.41, 5.74) is 7.37. The SMILES string of the molecule is Cc1cc(C(CC(c2ccc(-c3ccc(C(=O)NCC(=O)O)cc3)cc2)c2ccccc2C)N=O)ccn1. The van der Waals surface area contributed by atoms with Crippen LogP contribution in [-0.4, -0.2) is 28.5 Å². The molecule has 1 heterocycles. The number of nitrogens with zero attached hydrogens (tertiary/aromatic N) is 2. The molecule has 192 valence electrons. The fourth-order valence-electron chi connectivity index (χ4n) is 4.64. The fourth-order valence-corrected chi connectivity index (χ4v) is 4.64. The van der Waals surface area contributed by atoms with E-state index in [1.165, 1.54) is 0 Å². The third-order valence-corrected chi connectivity index (χ3v) is 6.65. The second-order valence-corrected chi connectivity index (χ2v) is 9.27. The maximum absolute atomic E-state index is 12.1. The number of aliphatic carboxylic acids is 1. The van der Waals surface area contributed by atoms with E-state index in [2.05, 4.69) is 46.7 Å². The predicted molar refractivity (Wildman–Crippen MR) is 147 cm³/mol. The second kappa shape index (κ2) is 12.1. The van der Waals surface area contributed by atoms with Gasteiger partial charge in [-0.25, -0.2) is 0 Å². The molecule has 0 bridgehead atoms. The summed E-state index contributed by atoms with van der Waals surface area (Å²) < 4.78 is 0. The Labute approximate surface area is 221 Å². The Morgan fingerprint density at radius 3 is 2.16 bits per heavy atom. The molecule has 38 heavy (non-hydrogen) atoms. The molecule has 0 radical (unpaired) electrons. The van der Waals surface area contributed by atoms with E-state index >= 15 is 0 Å². The van der Waals surface area contributed by atoms with Crippen molar-refractivity contribution in [2.24, 2.45) is 5.18 Å². The Hall–Kier alpha value is -4.65. The highest BCUT2D eigenvalue weighted by molar-refractivity contribution is 5.96. The van der Waals surface area contributed by atoms with Gasteiger partial charge < -0.3 is 10.4 Å². The van der Waals surface area contributed by atoms with Gasteiger partial charge in [0.25, 0.3) is 5.91 Å². The minimum absolute atomic E-state index is 0.0401. The van der Waals surface area contributed by atoms with Gasteiger partial charge in [-0.05, 0) is 77.9 Å². The molecular weight excluding hydrogens is 478 g/mol. The third-order valence-electron chi connectivity index (χ3n) is 6.65. The summed E-state index contributed by atoms with van der Waals surface area (Å²) in [5.74, 6) is -1.56. The Morgan fingerprint density at radius 1 is 0.895 bits per heavy atom. The van der Waals surface area contributed by atoms with Gasteiger partial charge in [0.15, 0.2) is 0 Å². The average Bonchev–Trinajstić information content (AvgIpc) is 2.93. The molecule has 7 nitrogen and oxygen atoms in total. The van der Waals surface area contributed by atoms with Crippen molar-refractivity contribution in [3.8, 4) is 11.1 Å². The summed E-state index contributed by atoms with van der Waals surface area (Å²) in [7, 11) is 0. The van der Waals surface area contributed by atoms with Crippen LogP contribution in [0.3, 0.4) is 0 Å². The molecule has 4 aromatic rings. The lowest BCUT2D eigenvalue weighted by Crippen LogP contribution is -2.29. The van der Waals surface area contributed by atoms with Crippen molar-refractivity contribution in [3.05, 3.63) is 130 Å². The Kier molecular flexibility index (Phi) is 8.38. The number of rotatable bonds is 10. The van der Waals surface area contributed by atoms with Crippen molar-refractivity contribution in [1.82, 2.24) is 10.3 Å². The number of hydrogen-bond acceptors (Lipinski definition) is 5. The molecule has 3 aromatic carbocycles. The summed E-state index contributed by atoms with van der Waals surface area (Å²) in [6, 6.07) is 26.7. The topological polar surface area (TPSA) is 109 Å². The summed E-state index contributed by atoms with van der Waals surface area (Å²) in [6.07, 6.45) is 2.23. The number of carboxylic acid groups (broad SMARTS) is 1. The van der Waals surface area contributed by atoms with E-state index in [0.717, 1.165) is 39.1 Å². The zero-order valence-corrected chi connectivity index (χ0v) is 21.3. The molecule has 1 aromatic heterocycles. The molecule has 2 N–H and O–H groups in total. The summed E-state index contributed by atoms with van der Waals surface area (Å²) in [4.78, 5) is 39.0. The summed E-state index contributed by atoms with van der Waals surface area (Å²) >= 11 is 0. The molecule has 2 unspecified atom stereocenters. The first-order chi connectivity index (χ1) is 18.4. The number of carbonyl (C=O) groups is 2. The molecule has 0 aliphatic rings. The standard InChI is InChI=1S/C31H29N3O4/c1-20-5-3-4-6-27(20)28(18-29(34-38)26-15-16-32-21(2)17-26)24-11-7-22(8-12-24)23-9-13-25(14-10-23)31(37)33-19-30(35)36/h3-17,28-29H,18-19H2,1-2H3,(H,33,37)(H,35,36). The molecule has 7 heteroatoms. The summed E-state index contributed by atoms with van der Waals surface area (Å²) in [6.45, 7) is 3.55. The zero-order valence-electron chi connectivity index (χ0n) is 21.3. The van der Waals surface area contributed by atoms with E-state index in [1.807, 2.05) is 55.5 Å². The fraction of sp³-hybridized carbons (Fsp3) is 0.194. The number of amides is 1. The normalized spacial score (nSPS) is 12.4. The van der Waals surface area contributed by atoms with Crippen molar-refractivity contribution in [1.29, 1.82) is 0 Å². The Morgan fingerprint density at radius 2 is 1.55 bits per heavy atom. The Balaban J connectivity index is 1.60. The van der Waals surface area contributed by atoms with E-state index < -0.39 is 24.5 Å². The lowest BCUT2D eigenvalue weighted by atomic mass is 9.82. The number of carbonyl (C=O) groups excluding carboxylic acids is 1. The Bertz CT molecular complexity index is 1430. The van der Waals surface area contributed by atoms with Crippen LogP contribution in [0.4, 0.5) is 0 Å². The van der Waals surface area contributed by atoms with Gasteiger partial charge >= 0.3 is 5.97 Å². The zero-order chi connectivity index (χ0) is 27.1. The van der Waals surface area contributed by atoms with E-state index in [-0.39, 0.29) is 5.92 Å². The van der Waals surface area contributed by atoms with Gasteiger partial charge in [-0.2, -0.15) is 4.91 Å². The van der Waals surface area contributed by atoms with Crippen molar-refractivity contribution in [3.63, 3.8) is 0 Å². The van der Waals surface area contributed by atoms with Gasteiger partial charge in [0.2, 0.25) is 0 Å². The van der Waals surface area contributed by atoms with Gasteiger partial charge in [0.1, 0.15) is 12.6 Å². The van der Waals surface area contributed by atoms with Crippen LogP contribution in [0.15, 0.2) is 96.3 Å². The number of carboxylic acids is 1. The van der Waals surface area contributed by atoms with E-state index in [1.54, 1.807) is 18.3 Å². The largest absolute Gasteiger partial charge is 0.480 e. The molecule has 0 fully saturated rings. The first-order valence-corrected chi connectivity index (χ1v) is 12.4. The van der Waals surface area contributed by atoms with Crippen LogP contribution >= 0.6 is 0 Å². The van der Waals surface area contributed by atoms with Gasteiger partial charge in [-0.3, -0.25) is 14.6 Å². The molecule has 0 saturated carbocycles. The third kappa shape index (κ3) is 6.37. The van der Waals surface area contributed by atoms with Crippen molar-refractivity contribution in [2.75, 3.05) is 6.54 Å². The second-order valence-electron chi connectivity index (χ2n) is 9.27. The number of aromatic nitrogens is 1. The summed E-state index contributed by atoms with van der Waals surface area (Å²) in [5, 5.41) is 14.6. The van der Waals surface area contributed by atoms with Crippen LogP contribution < -0.4 is 5.32 Å². The van der Waals surface area contributed by atoms with Crippen LogP contribution in [0.5, 0.6) is 0 Å². The maximum Gasteiger partial charge on any atom is 0.322 e. The van der Waals surface area contributed by atoms with Gasteiger partial charge in [0, 0.05) is 23.4 Å². The molecule has 4 rings (SSSR count). The lowest BCUT2D eigenvalue weighted by Gasteiger charge is -2.23. The van der Waals surface area contributed by atoms with Crippen LogP contribution in [0.2, 0.25) is 0 Å². The maximum atomic E-state index is 12.1. The smallest absolute Gasteiger partial charge is 0.322 e. The molecule has 1 amide bonds. The first-order valence-electron chi connectivity index (χ1n) is 12.4. The molecular formula is C31H29N3O4. The van der Waals surface area contributed by atoms with Crippen molar-refractivity contribution in [2.45, 2.75) is 32.2 Å². The highest BCUT2D eigenvalue weighted by Crippen LogP contribution is 2.37. The number of hydrogen-bond donors (Lipinski definition) is 2. The van der Waals surface area contributed by atoms with Crippen LogP contribution in [-0.2, 0) is 4.79 Å². The van der Waals surface area contributed by atoms with E-state index in [0.29, 0.717) is 12.0 Å². The molecule has 0 aliphatic heterocycles. The first kappa shape index (κ1) is 26.4. The molecule has 0 aliphatic carbocycles. The minimum Gasteiger partial charge on any atom is -0.480 e. The van der Waals surface area contributed by atoms with Gasteiger partial charge in [-0.1, -0.05) is 65.8 Å². The van der Waals surface area contributed by atoms with Crippen molar-refractivity contribution >= 4 is 11.9 Å². The van der Waals surface area contributed by atoms with Crippen molar-refractivity contribution < 1.29 is 14.7 Å². The molecule has 0 spiro atoms. The quantitative estimate of drug-likeness (QED) is 0.248. The number of nitrogens with one attached hydrogen (secondary N) is 1. The number of pyridine rings is 1. The average molecular weight is 508 g/mol. The van der Waals surface area contributed by atoms with E-state index in [4.69, 9.17) is 5.11 Å². The van der Waals surface area contributed by atoms with Crippen LogP contribution in [0, 0.1) is 18.8 Å². The number of benzene rings is 3. The van der Waals surface area contributed by atoms with Gasteiger partial charge in [-0.15, -0.1) is 0 Å². The monoisotopic (exact) mass is 507 g/mol. The molecule has 2 atom stereocenters.